The molecule has 0 aromatic carbocycles. The average molecular weight is 312 g/mol. The van der Waals surface area contributed by atoms with Gasteiger partial charge in [0.25, 0.3) is 0 Å². The Kier molecular flexibility index (Phi) is 6.50. The molecule has 1 atom stereocenters. The van der Waals surface area contributed by atoms with E-state index in [0.29, 0.717) is 30.6 Å². The minimum atomic E-state index is 0.0628. The lowest BCUT2D eigenvalue weighted by atomic mass is 9.93. The molecule has 1 N–H and O–H groups in total. The highest BCUT2D eigenvalue weighted by atomic mass is 32.2. The first-order valence-electron chi connectivity index (χ1n) is 7.43. The Labute approximate surface area is 130 Å². The molecule has 1 unspecified atom stereocenters. The van der Waals surface area contributed by atoms with Crippen molar-refractivity contribution in [1.82, 2.24) is 20.4 Å². The van der Waals surface area contributed by atoms with Crippen molar-refractivity contribution < 1.29 is 9.32 Å². The highest BCUT2D eigenvalue weighted by molar-refractivity contribution is 7.97. The molecular weight excluding hydrogens is 288 g/mol. The molecule has 0 spiro atoms. The van der Waals surface area contributed by atoms with Crippen molar-refractivity contribution in [2.75, 3.05) is 26.4 Å². The number of thioether (sulfide) groups is 1. The summed E-state index contributed by atoms with van der Waals surface area (Å²) >= 11 is 1.64. The first kappa shape index (κ1) is 16.3. The van der Waals surface area contributed by atoms with Gasteiger partial charge < -0.3 is 14.7 Å². The number of carbonyl (C=O) groups excluding carboxylic acids is 1. The minimum absolute atomic E-state index is 0.0628. The topological polar surface area (TPSA) is 71.3 Å². The fourth-order valence-electron chi connectivity index (χ4n) is 2.66. The Morgan fingerprint density at radius 3 is 3.19 bits per heavy atom. The summed E-state index contributed by atoms with van der Waals surface area (Å²) in [5.74, 6) is 2.59. The molecule has 2 rings (SSSR count). The maximum Gasteiger partial charge on any atom is 0.246 e. The maximum atomic E-state index is 11.9. The average Bonchev–Trinajstić information content (AvgIpc) is 2.91. The van der Waals surface area contributed by atoms with Gasteiger partial charge in [-0.1, -0.05) is 5.16 Å². The molecule has 0 saturated carbocycles. The van der Waals surface area contributed by atoms with Crippen LogP contribution >= 0.6 is 11.8 Å². The second-order valence-electron chi connectivity index (χ2n) is 5.62. The van der Waals surface area contributed by atoms with Gasteiger partial charge in [0, 0.05) is 13.0 Å². The third-order valence-electron chi connectivity index (χ3n) is 3.72. The quantitative estimate of drug-likeness (QED) is 0.826. The van der Waals surface area contributed by atoms with Gasteiger partial charge in [0.05, 0.1) is 12.3 Å². The number of likely N-dealkylation sites (tertiary alicyclic amines) is 1. The van der Waals surface area contributed by atoms with Crippen LogP contribution in [0.1, 0.15) is 37.4 Å². The highest BCUT2D eigenvalue weighted by Gasteiger charge is 2.18. The van der Waals surface area contributed by atoms with Crippen molar-refractivity contribution in [2.24, 2.45) is 5.92 Å². The molecule has 1 saturated heterocycles. The smallest absolute Gasteiger partial charge is 0.246 e. The van der Waals surface area contributed by atoms with Gasteiger partial charge in [-0.3, -0.25) is 4.79 Å². The van der Waals surface area contributed by atoms with E-state index >= 15 is 0 Å². The molecule has 1 fully saturated rings. The van der Waals surface area contributed by atoms with Crippen molar-refractivity contribution in [2.45, 2.75) is 38.0 Å². The Morgan fingerprint density at radius 1 is 1.57 bits per heavy atom. The van der Waals surface area contributed by atoms with E-state index in [-0.39, 0.29) is 5.91 Å². The number of nitrogens with zero attached hydrogens (tertiary/aromatic N) is 3. The Balaban J connectivity index is 1.64. The number of piperidine rings is 1. The second-order valence-corrected chi connectivity index (χ2v) is 6.49. The molecule has 0 radical (unpaired) electrons. The van der Waals surface area contributed by atoms with Crippen molar-refractivity contribution in [3.8, 4) is 0 Å². The van der Waals surface area contributed by atoms with E-state index in [1.165, 1.54) is 19.4 Å². The van der Waals surface area contributed by atoms with Gasteiger partial charge in [-0.2, -0.15) is 16.7 Å². The molecule has 0 aliphatic carbocycles. The third-order valence-corrected chi connectivity index (χ3v) is 4.27. The molecule has 21 heavy (non-hydrogen) atoms. The van der Waals surface area contributed by atoms with Gasteiger partial charge in [0.15, 0.2) is 5.82 Å². The molecule has 6 nitrogen and oxygen atoms in total. The Hall–Kier alpha value is -1.08. The fourth-order valence-corrected chi connectivity index (χ4v) is 3.03. The summed E-state index contributed by atoms with van der Waals surface area (Å²) < 4.78 is 5.08. The van der Waals surface area contributed by atoms with Crippen LogP contribution in [0.25, 0.3) is 0 Å². The zero-order chi connectivity index (χ0) is 15.1. The van der Waals surface area contributed by atoms with E-state index < -0.39 is 0 Å². The van der Waals surface area contributed by atoms with Crippen LogP contribution in [0.5, 0.6) is 0 Å². The van der Waals surface area contributed by atoms with Crippen LogP contribution in [0.15, 0.2) is 4.52 Å². The molecule has 0 bridgehead atoms. The van der Waals surface area contributed by atoms with E-state index in [4.69, 9.17) is 4.52 Å². The van der Waals surface area contributed by atoms with E-state index in [9.17, 15) is 4.79 Å². The standard InChI is InChI=1S/C14H24N4O2S/c1-18-7-3-4-11(9-18)5-6-13(19)15-8-14-16-12(10-21-2)17-20-14/h11H,3-10H2,1-2H3,(H,15,19). The van der Waals surface area contributed by atoms with E-state index in [1.807, 2.05) is 6.26 Å². The molecule has 1 aromatic rings. The van der Waals surface area contributed by atoms with Crippen LogP contribution in [-0.2, 0) is 17.1 Å². The van der Waals surface area contributed by atoms with E-state index in [2.05, 4.69) is 27.4 Å². The summed E-state index contributed by atoms with van der Waals surface area (Å²) in [5.41, 5.74) is 0. The normalized spacial score (nSPS) is 19.6. The first-order chi connectivity index (χ1) is 10.2. The fraction of sp³-hybridized carbons (Fsp3) is 0.786. The molecule has 2 heterocycles. The van der Waals surface area contributed by atoms with Gasteiger partial charge in [-0.05, 0) is 45.0 Å². The molecular formula is C14H24N4O2S. The largest absolute Gasteiger partial charge is 0.347 e. The monoisotopic (exact) mass is 312 g/mol. The maximum absolute atomic E-state index is 11.9. The van der Waals surface area contributed by atoms with Crippen molar-refractivity contribution in [1.29, 1.82) is 0 Å². The summed E-state index contributed by atoms with van der Waals surface area (Å²) in [6.45, 7) is 2.61. The molecule has 118 valence electrons. The van der Waals surface area contributed by atoms with Crippen LogP contribution < -0.4 is 5.32 Å². The molecule has 1 amide bonds. The van der Waals surface area contributed by atoms with Gasteiger partial charge in [0.1, 0.15) is 0 Å². The number of hydrogen-bond donors (Lipinski definition) is 1. The van der Waals surface area contributed by atoms with Crippen LogP contribution in [-0.4, -0.2) is 47.3 Å². The summed E-state index contributed by atoms with van der Waals surface area (Å²) in [5, 5.41) is 6.70. The molecule has 7 heteroatoms. The number of aromatic nitrogens is 2. The van der Waals surface area contributed by atoms with Crippen LogP contribution in [0, 0.1) is 5.92 Å². The summed E-state index contributed by atoms with van der Waals surface area (Å²) in [6, 6.07) is 0. The SMILES string of the molecule is CSCc1noc(CNC(=O)CCC2CCCN(C)C2)n1. The summed E-state index contributed by atoms with van der Waals surface area (Å²) in [7, 11) is 2.15. The van der Waals surface area contributed by atoms with Gasteiger partial charge in [-0.25, -0.2) is 0 Å². The molecule has 1 aliphatic heterocycles. The summed E-state index contributed by atoms with van der Waals surface area (Å²) in [6.07, 6.45) is 5.99. The Bertz CT molecular complexity index is 452. The van der Waals surface area contributed by atoms with Crippen LogP contribution in [0.2, 0.25) is 0 Å². The van der Waals surface area contributed by atoms with Crippen LogP contribution in [0.3, 0.4) is 0 Å². The predicted octanol–water partition coefficient (Wildman–Crippen LogP) is 1.67. The van der Waals surface area contributed by atoms with Crippen LogP contribution in [0.4, 0.5) is 0 Å². The highest BCUT2D eigenvalue weighted by Crippen LogP contribution is 2.19. The van der Waals surface area contributed by atoms with Gasteiger partial charge >= 0.3 is 0 Å². The lowest BCUT2D eigenvalue weighted by Gasteiger charge is -2.29. The van der Waals surface area contributed by atoms with Crippen molar-refractivity contribution >= 4 is 17.7 Å². The second kappa shape index (κ2) is 8.38. The molecule has 1 aromatic heterocycles. The molecule has 1 aliphatic rings. The number of carbonyl (C=O) groups is 1. The van der Waals surface area contributed by atoms with Crippen molar-refractivity contribution in [3.05, 3.63) is 11.7 Å². The predicted molar refractivity (Wildman–Crippen MR) is 82.8 cm³/mol. The van der Waals surface area contributed by atoms with E-state index in [0.717, 1.165) is 18.7 Å². The number of amides is 1. The third kappa shape index (κ3) is 5.67. The lowest BCUT2D eigenvalue weighted by Crippen LogP contribution is -2.33. The first-order valence-corrected chi connectivity index (χ1v) is 8.82. The van der Waals surface area contributed by atoms with Gasteiger partial charge in [0.2, 0.25) is 11.8 Å². The zero-order valence-corrected chi connectivity index (χ0v) is 13.6. The zero-order valence-electron chi connectivity index (χ0n) is 12.8. The summed E-state index contributed by atoms with van der Waals surface area (Å²) in [4.78, 5) is 18.4. The Morgan fingerprint density at radius 2 is 2.43 bits per heavy atom. The number of nitrogens with one attached hydrogen (secondary N) is 1. The van der Waals surface area contributed by atoms with Crippen molar-refractivity contribution in [3.63, 3.8) is 0 Å². The minimum Gasteiger partial charge on any atom is -0.347 e. The number of hydrogen-bond acceptors (Lipinski definition) is 6. The van der Waals surface area contributed by atoms with E-state index in [1.54, 1.807) is 11.8 Å². The lowest BCUT2D eigenvalue weighted by molar-refractivity contribution is -0.121. The number of rotatable bonds is 7. The van der Waals surface area contributed by atoms with Gasteiger partial charge in [-0.15, -0.1) is 0 Å².